The molecule has 0 spiro atoms. The van der Waals surface area contributed by atoms with Crippen molar-refractivity contribution in [2.24, 2.45) is 0 Å². The minimum Gasteiger partial charge on any atom is -0.497 e. The van der Waals surface area contributed by atoms with Gasteiger partial charge in [-0.1, -0.05) is 11.6 Å². The second-order valence-corrected chi connectivity index (χ2v) is 5.94. The van der Waals surface area contributed by atoms with Crippen molar-refractivity contribution in [1.82, 2.24) is 4.98 Å². The van der Waals surface area contributed by atoms with Crippen LogP contribution in [0.25, 0.3) is 21.3 Å². The maximum atomic E-state index is 5.98. The molecule has 2 aromatic heterocycles. The first kappa shape index (κ1) is 13.2. The number of hydrogen-bond acceptors (Lipinski definition) is 4. The molecule has 0 unspecified atom stereocenters. The molecule has 0 saturated heterocycles. The van der Waals surface area contributed by atoms with E-state index in [1.165, 1.54) is 11.3 Å². The van der Waals surface area contributed by atoms with Gasteiger partial charge in [-0.25, -0.2) is 0 Å². The second kappa shape index (κ2) is 5.31. The van der Waals surface area contributed by atoms with Crippen LogP contribution in [0.5, 0.6) is 11.5 Å². The molecule has 3 rings (SSSR count). The molecular weight excluding hydrogens is 294 g/mol. The highest BCUT2D eigenvalue weighted by Crippen LogP contribution is 2.35. The Kier molecular flexibility index (Phi) is 3.51. The van der Waals surface area contributed by atoms with Gasteiger partial charge in [-0.15, -0.1) is 11.3 Å². The minimum absolute atomic E-state index is 0.730. The molecule has 20 heavy (non-hydrogen) atoms. The molecule has 1 aromatic carbocycles. The number of thiophene rings is 1. The quantitative estimate of drug-likeness (QED) is 0.706. The summed E-state index contributed by atoms with van der Waals surface area (Å²) in [6.45, 7) is 0. The normalized spacial score (nSPS) is 10.8. The molecule has 0 amide bonds. The molecule has 2 heterocycles. The smallest absolute Gasteiger partial charge is 0.131 e. The van der Waals surface area contributed by atoms with Gasteiger partial charge in [0.05, 0.1) is 24.1 Å². The van der Waals surface area contributed by atoms with E-state index in [2.05, 4.69) is 11.1 Å². The molecule has 3 nitrogen and oxygen atoms in total. The molecule has 0 fully saturated rings. The Morgan fingerprint density at radius 3 is 2.60 bits per heavy atom. The van der Waals surface area contributed by atoms with Crippen molar-refractivity contribution in [3.05, 3.63) is 40.9 Å². The molecule has 0 atom stereocenters. The van der Waals surface area contributed by atoms with E-state index < -0.39 is 0 Å². The van der Waals surface area contributed by atoms with E-state index in [1.807, 2.05) is 30.5 Å². The summed E-state index contributed by atoms with van der Waals surface area (Å²) in [6, 6.07) is 9.68. The van der Waals surface area contributed by atoms with Crippen LogP contribution in [0.2, 0.25) is 4.34 Å². The lowest BCUT2D eigenvalue weighted by Crippen LogP contribution is -1.91. The molecule has 0 saturated carbocycles. The fourth-order valence-electron chi connectivity index (χ4n) is 2.06. The Morgan fingerprint density at radius 1 is 1.10 bits per heavy atom. The molecule has 0 radical (unpaired) electrons. The number of nitrogens with zero attached hydrogens (tertiary/aromatic N) is 1. The van der Waals surface area contributed by atoms with E-state index in [1.54, 1.807) is 14.2 Å². The fourth-order valence-corrected chi connectivity index (χ4v) is 3.09. The molecule has 0 N–H and O–H groups in total. The van der Waals surface area contributed by atoms with Gasteiger partial charge < -0.3 is 9.47 Å². The molecule has 3 aromatic rings. The Hall–Kier alpha value is -1.78. The number of methoxy groups -OCH3 is 2. The Bertz CT molecular complexity index is 770. The van der Waals surface area contributed by atoms with Gasteiger partial charge in [0.1, 0.15) is 11.5 Å². The highest BCUT2D eigenvalue weighted by atomic mass is 35.5. The fraction of sp³-hybridized carbons (Fsp3) is 0.133. The van der Waals surface area contributed by atoms with Crippen LogP contribution in [0.1, 0.15) is 0 Å². The summed E-state index contributed by atoms with van der Waals surface area (Å²) in [6.07, 6.45) is 1.84. The maximum absolute atomic E-state index is 5.98. The SMILES string of the molecule is COc1cc(OC)c2cc(-c3ccc(Cl)s3)cnc2c1. The summed E-state index contributed by atoms with van der Waals surface area (Å²) < 4.78 is 11.4. The number of benzene rings is 1. The number of hydrogen-bond donors (Lipinski definition) is 0. The predicted molar refractivity (Wildman–Crippen MR) is 83.2 cm³/mol. The van der Waals surface area contributed by atoms with Gasteiger partial charge in [0.2, 0.25) is 0 Å². The van der Waals surface area contributed by atoms with Gasteiger partial charge in [0.25, 0.3) is 0 Å². The average molecular weight is 306 g/mol. The van der Waals surface area contributed by atoms with Crippen molar-refractivity contribution in [3.8, 4) is 21.9 Å². The zero-order chi connectivity index (χ0) is 14.1. The zero-order valence-corrected chi connectivity index (χ0v) is 12.6. The second-order valence-electron chi connectivity index (χ2n) is 4.22. The molecule has 102 valence electrons. The van der Waals surface area contributed by atoms with Crippen molar-refractivity contribution in [3.63, 3.8) is 0 Å². The Balaban J connectivity index is 2.19. The van der Waals surface area contributed by atoms with Crippen LogP contribution in [0.15, 0.2) is 36.5 Å². The van der Waals surface area contributed by atoms with Crippen LogP contribution in [-0.4, -0.2) is 19.2 Å². The molecule has 0 bridgehead atoms. The van der Waals surface area contributed by atoms with Crippen LogP contribution >= 0.6 is 22.9 Å². The van der Waals surface area contributed by atoms with Crippen LogP contribution in [0, 0.1) is 0 Å². The summed E-state index contributed by atoms with van der Waals surface area (Å²) in [7, 11) is 3.27. The molecule has 5 heteroatoms. The molecule has 0 aliphatic carbocycles. The van der Waals surface area contributed by atoms with Gasteiger partial charge in [-0.2, -0.15) is 0 Å². The monoisotopic (exact) mass is 305 g/mol. The van der Waals surface area contributed by atoms with Gasteiger partial charge in [0, 0.05) is 34.2 Å². The summed E-state index contributed by atoms with van der Waals surface area (Å²) in [5.74, 6) is 1.48. The summed E-state index contributed by atoms with van der Waals surface area (Å²) in [5.41, 5.74) is 1.87. The van der Waals surface area contributed by atoms with E-state index in [9.17, 15) is 0 Å². The van der Waals surface area contributed by atoms with E-state index in [-0.39, 0.29) is 0 Å². The van der Waals surface area contributed by atoms with E-state index >= 15 is 0 Å². The lowest BCUT2D eigenvalue weighted by Gasteiger charge is -2.09. The first-order chi connectivity index (χ1) is 9.71. The average Bonchev–Trinajstić information content (AvgIpc) is 2.92. The van der Waals surface area contributed by atoms with Crippen LogP contribution in [0.4, 0.5) is 0 Å². The summed E-state index contributed by atoms with van der Waals surface area (Å²) >= 11 is 7.51. The van der Waals surface area contributed by atoms with Gasteiger partial charge >= 0.3 is 0 Å². The highest BCUT2D eigenvalue weighted by Gasteiger charge is 2.09. The summed E-state index contributed by atoms with van der Waals surface area (Å²) in [4.78, 5) is 5.57. The zero-order valence-electron chi connectivity index (χ0n) is 11.0. The Labute approximate surface area is 125 Å². The lowest BCUT2D eigenvalue weighted by molar-refractivity contribution is 0.398. The summed E-state index contributed by atoms with van der Waals surface area (Å²) in [5, 5.41) is 0.954. The standard InChI is InChI=1S/C15H12ClNO2S/c1-18-10-6-12-11(13(7-10)19-2)5-9(8-17-12)14-3-4-15(16)20-14/h3-8H,1-2H3. The Morgan fingerprint density at radius 2 is 1.95 bits per heavy atom. The molecular formula is C15H12ClNO2S. The lowest BCUT2D eigenvalue weighted by atomic mass is 10.1. The van der Waals surface area contributed by atoms with E-state index in [0.29, 0.717) is 0 Å². The van der Waals surface area contributed by atoms with Gasteiger partial charge in [-0.05, 0) is 18.2 Å². The number of aromatic nitrogens is 1. The van der Waals surface area contributed by atoms with E-state index in [0.717, 1.165) is 37.2 Å². The van der Waals surface area contributed by atoms with Crippen molar-refractivity contribution in [2.45, 2.75) is 0 Å². The van der Waals surface area contributed by atoms with Gasteiger partial charge in [0.15, 0.2) is 0 Å². The highest BCUT2D eigenvalue weighted by molar-refractivity contribution is 7.19. The number of pyridine rings is 1. The van der Waals surface area contributed by atoms with Crippen molar-refractivity contribution in [1.29, 1.82) is 0 Å². The van der Waals surface area contributed by atoms with Crippen molar-refractivity contribution >= 4 is 33.8 Å². The number of halogens is 1. The minimum atomic E-state index is 0.730. The third kappa shape index (κ3) is 2.32. The topological polar surface area (TPSA) is 31.4 Å². The van der Waals surface area contributed by atoms with E-state index in [4.69, 9.17) is 21.1 Å². The number of rotatable bonds is 3. The first-order valence-electron chi connectivity index (χ1n) is 5.99. The third-order valence-corrected chi connectivity index (χ3v) is 4.33. The molecule has 0 aliphatic heterocycles. The molecule has 0 aliphatic rings. The first-order valence-corrected chi connectivity index (χ1v) is 7.18. The number of ether oxygens (including phenoxy) is 2. The van der Waals surface area contributed by atoms with Crippen LogP contribution in [0.3, 0.4) is 0 Å². The van der Waals surface area contributed by atoms with Crippen LogP contribution in [-0.2, 0) is 0 Å². The largest absolute Gasteiger partial charge is 0.497 e. The van der Waals surface area contributed by atoms with Crippen LogP contribution < -0.4 is 9.47 Å². The maximum Gasteiger partial charge on any atom is 0.131 e. The number of fused-ring (bicyclic) bond motifs is 1. The van der Waals surface area contributed by atoms with Gasteiger partial charge in [-0.3, -0.25) is 4.98 Å². The van der Waals surface area contributed by atoms with Crippen molar-refractivity contribution < 1.29 is 9.47 Å². The van der Waals surface area contributed by atoms with Crippen molar-refractivity contribution in [2.75, 3.05) is 14.2 Å². The third-order valence-electron chi connectivity index (χ3n) is 3.05. The predicted octanol–water partition coefficient (Wildman–Crippen LogP) is 4.63.